The molecule has 1 aliphatic heterocycles. The zero-order chi connectivity index (χ0) is 15.2. The SMILES string of the molecule is CN(C)CC(=O)N1CCC(COc2ncccc2Cl)CC1. The van der Waals surface area contributed by atoms with Crippen molar-refractivity contribution < 1.29 is 9.53 Å². The molecule has 5 nitrogen and oxygen atoms in total. The van der Waals surface area contributed by atoms with Gasteiger partial charge in [0.2, 0.25) is 11.8 Å². The van der Waals surface area contributed by atoms with E-state index in [1.54, 1.807) is 18.3 Å². The van der Waals surface area contributed by atoms with Gasteiger partial charge < -0.3 is 14.5 Å². The van der Waals surface area contributed by atoms with Crippen molar-refractivity contribution in [3.63, 3.8) is 0 Å². The Morgan fingerprint density at radius 1 is 1.48 bits per heavy atom. The molecule has 21 heavy (non-hydrogen) atoms. The Morgan fingerprint density at radius 3 is 2.81 bits per heavy atom. The first-order valence-corrected chi connectivity index (χ1v) is 7.60. The van der Waals surface area contributed by atoms with Gasteiger partial charge in [-0.2, -0.15) is 0 Å². The molecule has 1 aromatic rings. The Kier molecular flexibility index (Phi) is 5.82. The maximum atomic E-state index is 12.0. The summed E-state index contributed by atoms with van der Waals surface area (Å²) in [4.78, 5) is 19.9. The molecule has 0 spiro atoms. The molecule has 0 bridgehead atoms. The average molecular weight is 312 g/mol. The van der Waals surface area contributed by atoms with E-state index in [-0.39, 0.29) is 5.91 Å². The largest absolute Gasteiger partial charge is 0.476 e. The number of pyridine rings is 1. The van der Waals surface area contributed by atoms with Crippen LogP contribution in [0.1, 0.15) is 12.8 Å². The van der Waals surface area contributed by atoms with Crippen LogP contribution in [0.3, 0.4) is 0 Å². The second kappa shape index (κ2) is 7.61. The first-order chi connectivity index (χ1) is 10.1. The fraction of sp³-hybridized carbons (Fsp3) is 0.600. The number of likely N-dealkylation sites (N-methyl/N-ethyl adjacent to an activating group) is 1. The van der Waals surface area contributed by atoms with Crippen LogP contribution >= 0.6 is 11.6 Å². The van der Waals surface area contributed by atoms with Crippen LogP contribution in [0.15, 0.2) is 18.3 Å². The van der Waals surface area contributed by atoms with Gasteiger partial charge in [-0.1, -0.05) is 11.6 Å². The van der Waals surface area contributed by atoms with E-state index < -0.39 is 0 Å². The van der Waals surface area contributed by atoms with E-state index in [1.165, 1.54) is 0 Å². The van der Waals surface area contributed by atoms with Gasteiger partial charge in [0.25, 0.3) is 0 Å². The Hall–Kier alpha value is -1.33. The molecule has 1 fully saturated rings. The predicted octanol–water partition coefficient (Wildman–Crippen LogP) is 1.91. The van der Waals surface area contributed by atoms with Crippen molar-refractivity contribution in [1.82, 2.24) is 14.8 Å². The van der Waals surface area contributed by atoms with Crippen molar-refractivity contribution in [2.75, 3.05) is 40.3 Å². The lowest BCUT2D eigenvalue weighted by molar-refractivity contribution is -0.133. The minimum absolute atomic E-state index is 0.201. The smallest absolute Gasteiger partial charge is 0.236 e. The first-order valence-electron chi connectivity index (χ1n) is 7.22. The third kappa shape index (κ3) is 4.86. The summed E-state index contributed by atoms with van der Waals surface area (Å²) in [5, 5.41) is 0.538. The van der Waals surface area contributed by atoms with E-state index in [1.807, 2.05) is 23.9 Å². The normalized spacial score (nSPS) is 16.3. The minimum Gasteiger partial charge on any atom is -0.476 e. The average Bonchev–Trinajstić information content (AvgIpc) is 2.46. The Morgan fingerprint density at radius 2 is 2.19 bits per heavy atom. The standard InChI is InChI=1S/C15H22ClN3O2/c1-18(2)10-14(20)19-8-5-12(6-9-19)11-21-15-13(16)4-3-7-17-15/h3-4,7,12H,5-6,8-11H2,1-2H3. The second-order valence-corrected chi connectivity index (χ2v) is 6.07. The number of piperidine rings is 1. The summed E-state index contributed by atoms with van der Waals surface area (Å²) in [6.07, 6.45) is 3.59. The molecular weight excluding hydrogens is 290 g/mol. The van der Waals surface area contributed by atoms with E-state index in [0.717, 1.165) is 25.9 Å². The number of hydrogen-bond donors (Lipinski definition) is 0. The minimum atomic E-state index is 0.201. The molecular formula is C15H22ClN3O2. The summed E-state index contributed by atoms with van der Waals surface area (Å²) < 4.78 is 5.68. The number of rotatable bonds is 5. The number of halogens is 1. The van der Waals surface area contributed by atoms with E-state index in [2.05, 4.69) is 4.98 Å². The quantitative estimate of drug-likeness (QED) is 0.833. The Balaban J connectivity index is 1.74. The van der Waals surface area contributed by atoms with Gasteiger partial charge in [0.15, 0.2) is 0 Å². The monoisotopic (exact) mass is 311 g/mol. The summed E-state index contributed by atoms with van der Waals surface area (Å²) in [6, 6.07) is 3.55. The van der Waals surface area contributed by atoms with Crippen LogP contribution in [0.2, 0.25) is 5.02 Å². The number of hydrogen-bond acceptors (Lipinski definition) is 4. The molecule has 0 aromatic carbocycles. The number of carbonyl (C=O) groups is 1. The zero-order valence-electron chi connectivity index (χ0n) is 12.6. The van der Waals surface area contributed by atoms with Gasteiger partial charge in [0.05, 0.1) is 13.2 Å². The molecule has 2 rings (SSSR count). The van der Waals surface area contributed by atoms with Crippen molar-refractivity contribution in [3.05, 3.63) is 23.4 Å². The third-order valence-electron chi connectivity index (χ3n) is 3.60. The van der Waals surface area contributed by atoms with Gasteiger partial charge in [-0.3, -0.25) is 4.79 Å². The van der Waals surface area contributed by atoms with E-state index in [0.29, 0.717) is 30.0 Å². The van der Waals surface area contributed by atoms with Crippen LogP contribution in [0.4, 0.5) is 0 Å². The topological polar surface area (TPSA) is 45.7 Å². The van der Waals surface area contributed by atoms with Gasteiger partial charge >= 0.3 is 0 Å². The summed E-state index contributed by atoms with van der Waals surface area (Å²) in [5.41, 5.74) is 0. The molecule has 1 saturated heterocycles. The molecule has 0 N–H and O–H groups in total. The molecule has 0 radical (unpaired) electrons. The van der Waals surface area contributed by atoms with Crippen LogP contribution in [0.25, 0.3) is 0 Å². The van der Waals surface area contributed by atoms with Crippen molar-refractivity contribution in [1.29, 1.82) is 0 Å². The summed E-state index contributed by atoms with van der Waals surface area (Å²) >= 11 is 6.01. The maximum absolute atomic E-state index is 12.0. The van der Waals surface area contributed by atoms with E-state index in [9.17, 15) is 4.79 Å². The van der Waals surface area contributed by atoms with Gasteiger partial charge in [-0.05, 0) is 45.0 Å². The molecule has 0 aliphatic carbocycles. The van der Waals surface area contributed by atoms with Gasteiger partial charge in [0, 0.05) is 19.3 Å². The zero-order valence-corrected chi connectivity index (χ0v) is 13.3. The highest BCUT2D eigenvalue weighted by Gasteiger charge is 2.23. The van der Waals surface area contributed by atoms with Gasteiger partial charge in [-0.15, -0.1) is 0 Å². The lowest BCUT2D eigenvalue weighted by Crippen LogP contribution is -2.43. The number of nitrogens with zero attached hydrogens (tertiary/aromatic N) is 3. The number of carbonyl (C=O) groups excluding carboxylic acids is 1. The van der Waals surface area contributed by atoms with Crippen molar-refractivity contribution in [2.45, 2.75) is 12.8 Å². The molecule has 6 heteroatoms. The number of likely N-dealkylation sites (tertiary alicyclic amines) is 1. The summed E-state index contributed by atoms with van der Waals surface area (Å²) in [7, 11) is 3.82. The predicted molar refractivity (Wildman–Crippen MR) is 82.6 cm³/mol. The van der Waals surface area contributed by atoms with E-state index >= 15 is 0 Å². The molecule has 0 atom stereocenters. The van der Waals surface area contributed by atoms with Crippen LogP contribution in [0.5, 0.6) is 5.88 Å². The highest BCUT2D eigenvalue weighted by Crippen LogP contribution is 2.23. The lowest BCUT2D eigenvalue weighted by atomic mass is 9.98. The fourth-order valence-electron chi connectivity index (χ4n) is 2.39. The summed E-state index contributed by atoms with van der Waals surface area (Å²) in [6.45, 7) is 2.68. The number of amides is 1. The lowest BCUT2D eigenvalue weighted by Gasteiger charge is -2.32. The summed E-state index contributed by atoms with van der Waals surface area (Å²) in [5.74, 6) is 1.14. The van der Waals surface area contributed by atoms with Gasteiger partial charge in [0.1, 0.15) is 5.02 Å². The number of ether oxygens (including phenoxy) is 1. The van der Waals surface area contributed by atoms with Crippen molar-refractivity contribution in [2.24, 2.45) is 5.92 Å². The third-order valence-corrected chi connectivity index (χ3v) is 3.89. The molecule has 2 heterocycles. The molecule has 1 aliphatic rings. The highest BCUT2D eigenvalue weighted by molar-refractivity contribution is 6.31. The second-order valence-electron chi connectivity index (χ2n) is 5.66. The van der Waals surface area contributed by atoms with Crippen LogP contribution in [0, 0.1) is 5.92 Å². The molecule has 0 unspecified atom stereocenters. The molecule has 0 saturated carbocycles. The van der Waals surface area contributed by atoms with Gasteiger partial charge in [-0.25, -0.2) is 4.98 Å². The van der Waals surface area contributed by atoms with Crippen molar-refractivity contribution in [3.8, 4) is 5.88 Å². The Labute approximate surface area is 130 Å². The van der Waals surface area contributed by atoms with Crippen LogP contribution < -0.4 is 4.74 Å². The fourth-order valence-corrected chi connectivity index (χ4v) is 2.57. The first kappa shape index (κ1) is 16.0. The maximum Gasteiger partial charge on any atom is 0.236 e. The molecule has 116 valence electrons. The van der Waals surface area contributed by atoms with E-state index in [4.69, 9.17) is 16.3 Å². The van der Waals surface area contributed by atoms with Crippen LogP contribution in [-0.4, -0.2) is 61.0 Å². The highest BCUT2D eigenvalue weighted by atomic mass is 35.5. The Bertz CT molecular complexity index is 474. The van der Waals surface area contributed by atoms with Crippen molar-refractivity contribution >= 4 is 17.5 Å². The molecule has 1 amide bonds. The van der Waals surface area contributed by atoms with Crippen LogP contribution in [-0.2, 0) is 4.79 Å². The molecule has 1 aromatic heterocycles. The number of aromatic nitrogens is 1.